The second-order valence-corrected chi connectivity index (χ2v) is 10.9. The molecule has 4 aromatic rings. The molecule has 1 aliphatic rings. The third-order valence-corrected chi connectivity index (χ3v) is 7.82. The Labute approximate surface area is 242 Å². The molecule has 5 rings (SSSR count). The SMILES string of the molecule is C[C@@H](NC/C=C/C1CCCCC1)c1ccccc1.C[C@@H](NC/C=C/c1ccccc1)c1ccc2ccccc2c1. The van der Waals surface area contributed by atoms with E-state index in [0.717, 1.165) is 19.0 Å². The molecule has 0 saturated heterocycles. The molecule has 1 saturated carbocycles. The number of rotatable bonds is 10. The van der Waals surface area contributed by atoms with Crippen LogP contribution in [0.2, 0.25) is 0 Å². The highest BCUT2D eigenvalue weighted by molar-refractivity contribution is 5.83. The van der Waals surface area contributed by atoms with Gasteiger partial charge in [-0.1, -0.05) is 141 Å². The van der Waals surface area contributed by atoms with Gasteiger partial charge in [-0.2, -0.15) is 0 Å². The average Bonchev–Trinajstić information content (AvgIpc) is 3.03. The van der Waals surface area contributed by atoms with Gasteiger partial charge in [-0.05, 0) is 66.1 Å². The number of nitrogens with one attached hydrogen (secondary N) is 2. The molecule has 0 aliphatic heterocycles. The van der Waals surface area contributed by atoms with Gasteiger partial charge in [0.05, 0.1) is 0 Å². The molecule has 0 aromatic heterocycles. The van der Waals surface area contributed by atoms with Crippen molar-refractivity contribution in [1.29, 1.82) is 0 Å². The van der Waals surface area contributed by atoms with Crippen molar-refractivity contribution in [2.24, 2.45) is 5.92 Å². The Hall–Kier alpha value is -3.46. The normalized spacial score (nSPS) is 15.7. The topological polar surface area (TPSA) is 24.1 Å². The fourth-order valence-corrected chi connectivity index (χ4v) is 5.29. The van der Waals surface area contributed by atoms with Gasteiger partial charge in [0.1, 0.15) is 0 Å². The summed E-state index contributed by atoms with van der Waals surface area (Å²) in [7, 11) is 0. The first-order chi connectivity index (χ1) is 19.7. The summed E-state index contributed by atoms with van der Waals surface area (Å²) in [6.07, 6.45) is 16.1. The number of allylic oxidation sites excluding steroid dienone is 1. The highest BCUT2D eigenvalue weighted by Gasteiger charge is 2.09. The molecule has 2 atom stereocenters. The third kappa shape index (κ3) is 9.93. The maximum Gasteiger partial charge on any atom is 0.0294 e. The van der Waals surface area contributed by atoms with Crippen LogP contribution in [0.4, 0.5) is 0 Å². The first kappa shape index (κ1) is 29.5. The van der Waals surface area contributed by atoms with Crippen LogP contribution in [-0.2, 0) is 0 Å². The van der Waals surface area contributed by atoms with Gasteiger partial charge in [-0.3, -0.25) is 0 Å². The minimum atomic E-state index is 0.338. The van der Waals surface area contributed by atoms with Crippen LogP contribution in [0, 0.1) is 5.92 Å². The van der Waals surface area contributed by atoms with E-state index >= 15 is 0 Å². The summed E-state index contributed by atoms with van der Waals surface area (Å²) >= 11 is 0. The average molecular weight is 531 g/mol. The zero-order valence-electron chi connectivity index (χ0n) is 24.3. The van der Waals surface area contributed by atoms with Crippen LogP contribution in [0.1, 0.15) is 74.7 Å². The third-order valence-electron chi connectivity index (χ3n) is 7.82. The van der Waals surface area contributed by atoms with Crippen LogP contribution < -0.4 is 10.6 Å². The Morgan fingerprint density at radius 2 is 1.23 bits per heavy atom. The van der Waals surface area contributed by atoms with E-state index in [1.54, 1.807) is 0 Å². The van der Waals surface area contributed by atoms with Crippen LogP contribution in [0.3, 0.4) is 0 Å². The summed E-state index contributed by atoms with van der Waals surface area (Å²) in [4.78, 5) is 0. The van der Waals surface area contributed by atoms with Crippen LogP contribution >= 0.6 is 0 Å². The molecule has 4 aromatic carbocycles. The van der Waals surface area contributed by atoms with Crippen molar-refractivity contribution in [3.8, 4) is 0 Å². The molecular formula is C38H46N2. The quantitative estimate of drug-likeness (QED) is 0.199. The summed E-state index contributed by atoms with van der Waals surface area (Å²) in [5.74, 6) is 0.840. The molecule has 0 unspecified atom stereocenters. The van der Waals surface area contributed by atoms with E-state index in [0.29, 0.717) is 12.1 Å². The van der Waals surface area contributed by atoms with Crippen molar-refractivity contribution >= 4 is 16.8 Å². The summed E-state index contributed by atoms with van der Waals surface area (Å²) < 4.78 is 0. The van der Waals surface area contributed by atoms with Gasteiger partial charge in [-0.15, -0.1) is 0 Å². The van der Waals surface area contributed by atoms with Gasteiger partial charge in [0, 0.05) is 25.2 Å². The van der Waals surface area contributed by atoms with Crippen molar-refractivity contribution in [3.63, 3.8) is 0 Å². The molecule has 2 nitrogen and oxygen atoms in total. The van der Waals surface area contributed by atoms with E-state index in [-0.39, 0.29) is 0 Å². The zero-order chi connectivity index (χ0) is 27.8. The predicted octanol–water partition coefficient (Wildman–Crippen LogP) is 9.68. The molecule has 40 heavy (non-hydrogen) atoms. The molecule has 2 N–H and O–H groups in total. The van der Waals surface area contributed by atoms with E-state index < -0.39 is 0 Å². The van der Waals surface area contributed by atoms with Crippen molar-refractivity contribution in [3.05, 3.63) is 138 Å². The molecular weight excluding hydrogens is 484 g/mol. The summed E-state index contributed by atoms with van der Waals surface area (Å²) in [5.41, 5.74) is 3.93. The van der Waals surface area contributed by atoms with Gasteiger partial charge >= 0.3 is 0 Å². The molecule has 1 fully saturated rings. The lowest BCUT2D eigenvalue weighted by Gasteiger charge is -2.18. The van der Waals surface area contributed by atoms with E-state index in [1.165, 1.54) is 59.6 Å². The highest BCUT2D eigenvalue weighted by atomic mass is 14.9. The molecule has 208 valence electrons. The van der Waals surface area contributed by atoms with E-state index in [1.807, 2.05) is 6.07 Å². The number of fused-ring (bicyclic) bond motifs is 1. The Kier molecular flexibility index (Phi) is 12.3. The van der Waals surface area contributed by atoms with E-state index in [4.69, 9.17) is 0 Å². The Bertz CT molecular complexity index is 1300. The van der Waals surface area contributed by atoms with Crippen molar-refractivity contribution in [2.75, 3.05) is 13.1 Å². The Morgan fingerprint density at radius 1 is 0.625 bits per heavy atom. The maximum atomic E-state index is 3.55. The predicted molar refractivity (Wildman–Crippen MR) is 174 cm³/mol. The smallest absolute Gasteiger partial charge is 0.0294 e. The lowest BCUT2D eigenvalue weighted by atomic mass is 9.89. The minimum absolute atomic E-state index is 0.338. The van der Waals surface area contributed by atoms with Gasteiger partial charge < -0.3 is 10.6 Å². The van der Waals surface area contributed by atoms with Crippen LogP contribution in [-0.4, -0.2) is 13.1 Å². The van der Waals surface area contributed by atoms with E-state index in [9.17, 15) is 0 Å². The number of benzene rings is 4. The maximum absolute atomic E-state index is 3.55. The van der Waals surface area contributed by atoms with E-state index in [2.05, 4.69) is 146 Å². The monoisotopic (exact) mass is 530 g/mol. The summed E-state index contributed by atoms with van der Waals surface area (Å²) in [6.45, 7) is 6.28. The largest absolute Gasteiger partial charge is 0.307 e. The van der Waals surface area contributed by atoms with Gasteiger partial charge in [0.25, 0.3) is 0 Å². The fourth-order valence-electron chi connectivity index (χ4n) is 5.29. The summed E-state index contributed by atoms with van der Waals surface area (Å²) in [6, 6.07) is 37.0. The molecule has 1 aliphatic carbocycles. The Morgan fingerprint density at radius 3 is 1.95 bits per heavy atom. The van der Waals surface area contributed by atoms with Crippen LogP contribution in [0.25, 0.3) is 16.8 Å². The molecule has 0 spiro atoms. The first-order valence-electron chi connectivity index (χ1n) is 15.1. The minimum Gasteiger partial charge on any atom is -0.307 e. The van der Waals surface area contributed by atoms with Crippen LogP contribution in [0.15, 0.2) is 121 Å². The van der Waals surface area contributed by atoms with Crippen molar-refractivity contribution in [2.45, 2.75) is 58.0 Å². The lowest BCUT2D eigenvalue weighted by Crippen LogP contribution is -2.18. The van der Waals surface area contributed by atoms with Gasteiger partial charge in [-0.25, -0.2) is 0 Å². The molecule has 0 heterocycles. The molecule has 0 amide bonds. The second-order valence-electron chi connectivity index (χ2n) is 10.9. The van der Waals surface area contributed by atoms with Crippen molar-refractivity contribution < 1.29 is 0 Å². The number of hydrogen-bond donors (Lipinski definition) is 2. The Balaban J connectivity index is 0.000000189. The fraction of sp³-hybridized carbons (Fsp3) is 0.316. The number of hydrogen-bond acceptors (Lipinski definition) is 2. The standard InChI is InChI=1S/C21H21N.C17H25N/c1-17(22-15-7-10-18-8-3-2-4-9-18)20-14-13-19-11-5-6-12-21(19)16-20;1-15(17-12-6-3-7-13-17)18-14-8-11-16-9-4-2-5-10-16/h2-14,16-17,22H,15H2,1H3;3,6-8,11-13,15-16,18H,2,4-5,9-10,14H2,1H3/b10-7+;11-8+/t17-;15-/m11/s1. The zero-order valence-corrected chi connectivity index (χ0v) is 24.3. The highest BCUT2D eigenvalue weighted by Crippen LogP contribution is 2.24. The van der Waals surface area contributed by atoms with Crippen LogP contribution in [0.5, 0.6) is 0 Å². The molecule has 2 heteroatoms. The molecule has 0 bridgehead atoms. The van der Waals surface area contributed by atoms with Gasteiger partial charge in [0.15, 0.2) is 0 Å². The van der Waals surface area contributed by atoms with Gasteiger partial charge in [0.2, 0.25) is 0 Å². The van der Waals surface area contributed by atoms with Crippen molar-refractivity contribution in [1.82, 2.24) is 10.6 Å². The summed E-state index contributed by atoms with van der Waals surface area (Å²) in [5, 5.41) is 9.69. The first-order valence-corrected chi connectivity index (χ1v) is 15.1. The second kappa shape index (κ2) is 16.6. The molecule has 0 radical (unpaired) electrons. The lowest BCUT2D eigenvalue weighted by molar-refractivity contribution is 0.418.